The Balaban J connectivity index is 2.48. The predicted octanol–water partition coefficient (Wildman–Crippen LogP) is 2.83. The number of benzene rings is 1. The summed E-state index contributed by atoms with van der Waals surface area (Å²) >= 11 is 0. The molecule has 0 saturated carbocycles. The molecule has 0 amide bonds. The highest BCUT2D eigenvalue weighted by molar-refractivity contribution is 5.98. The van der Waals surface area contributed by atoms with Crippen LogP contribution in [0.25, 0.3) is 5.57 Å². The smallest absolute Gasteiger partial charge is 0.152 e. The normalized spacial score (nSPS) is 16.4. The average molecular weight is 186 g/mol. The Hall–Kier alpha value is -1.37. The summed E-state index contributed by atoms with van der Waals surface area (Å²) in [5.74, 6) is 0.144. The fraction of sp³-hybridized carbons (Fsp3) is 0.308. The van der Waals surface area contributed by atoms with E-state index in [2.05, 4.69) is 26.0 Å². The molecule has 2 rings (SSSR count). The molecule has 0 fully saturated rings. The Labute approximate surface area is 84.5 Å². The molecule has 14 heavy (non-hydrogen) atoms. The van der Waals surface area contributed by atoms with E-state index in [9.17, 15) is 4.79 Å². The molecule has 0 heterocycles. The van der Waals surface area contributed by atoms with Crippen molar-refractivity contribution in [2.24, 2.45) is 0 Å². The van der Waals surface area contributed by atoms with Gasteiger partial charge < -0.3 is 0 Å². The zero-order chi connectivity index (χ0) is 10.3. The maximum atomic E-state index is 11.0. The number of carbonyl (C=O) groups is 1. The molecule has 0 bridgehead atoms. The topological polar surface area (TPSA) is 17.1 Å². The van der Waals surface area contributed by atoms with Gasteiger partial charge in [0.15, 0.2) is 5.78 Å². The molecule has 72 valence electrons. The van der Waals surface area contributed by atoms with Crippen molar-refractivity contribution >= 4 is 11.4 Å². The molecule has 0 N–H and O–H groups in total. The first kappa shape index (κ1) is 9.20. The van der Waals surface area contributed by atoms with Gasteiger partial charge in [-0.25, -0.2) is 0 Å². The predicted molar refractivity (Wildman–Crippen MR) is 58.3 cm³/mol. The van der Waals surface area contributed by atoms with Gasteiger partial charge in [-0.05, 0) is 55.5 Å². The Bertz CT molecular complexity index is 422. The number of allylic oxidation sites excluding steroid dienone is 2. The summed E-state index contributed by atoms with van der Waals surface area (Å²) in [4.78, 5) is 11.0. The van der Waals surface area contributed by atoms with Crippen LogP contribution in [-0.4, -0.2) is 5.78 Å². The van der Waals surface area contributed by atoms with Crippen LogP contribution < -0.4 is 0 Å². The van der Waals surface area contributed by atoms with Gasteiger partial charge in [0.2, 0.25) is 0 Å². The number of ketones is 1. The maximum Gasteiger partial charge on any atom is 0.152 e. The van der Waals surface area contributed by atoms with E-state index in [1.165, 1.54) is 27.8 Å². The van der Waals surface area contributed by atoms with Gasteiger partial charge in [-0.1, -0.05) is 17.7 Å². The van der Waals surface area contributed by atoms with Gasteiger partial charge in [0, 0.05) is 0 Å². The van der Waals surface area contributed by atoms with E-state index in [0.29, 0.717) is 0 Å². The molecule has 1 aromatic carbocycles. The molecular formula is C13H14O. The van der Waals surface area contributed by atoms with Crippen molar-refractivity contribution in [1.82, 2.24) is 0 Å². The monoisotopic (exact) mass is 186 g/mol. The van der Waals surface area contributed by atoms with Crippen molar-refractivity contribution in [1.29, 1.82) is 0 Å². The summed E-state index contributed by atoms with van der Waals surface area (Å²) in [5.41, 5.74) is 6.48. The zero-order valence-electron chi connectivity index (χ0n) is 8.85. The highest BCUT2D eigenvalue weighted by Gasteiger charge is 2.21. The number of hydrogen-bond acceptors (Lipinski definition) is 1. The van der Waals surface area contributed by atoms with Crippen molar-refractivity contribution < 1.29 is 4.79 Å². The summed E-state index contributed by atoms with van der Waals surface area (Å²) in [6.45, 7) is 5.83. The summed E-state index contributed by atoms with van der Waals surface area (Å²) in [5, 5.41) is 0. The lowest BCUT2D eigenvalue weighted by Gasteiger charge is -2.25. The van der Waals surface area contributed by atoms with Gasteiger partial charge in [-0.3, -0.25) is 4.79 Å². The van der Waals surface area contributed by atoms with Crippen LogP contribution in [0.2, 0.25) is 0 Å². The average Bonchev–Trinajstić information content (AvgIpc) is 1.98. The Morgan fingerprint density at radius 3 is 2.64 bits per heavy atom. The highest BCUT2D eigenvalue weighted by atomic mass is 16.1. The van der Waals surface area contributed by atoms with Crippen LogP contribution in [0.15, 0.2) is 18.2 Å². The molecule has 1 aliphatic carbocycles. The molecule has 0 unspecified atom stereocenters. The molecule has 0 atom stereocenters. The first-order valence-corrected chi connectivity index (χ1v) is 4.89. The zero-order valence-corrected chi connectivity index (χ0v) is 8.85. The van der Waals surface area contributed by atoms with Crippen LogP contribution in [0.3, 0.4) is 0 Å². The molecule has 0 aromatic heterocycles. The van der Waals surface area contributed by atoms with E-state index in [1.54, 1.807) is 13.0 Å². The highest BCUT2D eigenvalue weighted by Crippen LogP contribution is 2.37. The maximum absolute atomic E-state index is 11.0. The summed E-state index contributed by atoms with van der Waals surface area (Å²) < 4.78 is 0. The van der Waals surface area contributed by atoms with E-state index in [-0.39, 0.29) is 5.78 Å². The first-order chi connectivity index (χ1) is 6.58. The molecule has 0 radical (unpaired) electrons. The van der Waals surface area contributed by atoms with Gasteiger partial charge in [-0.2, -0.15) is 0 Å². The number of rotatable bonds is 1. The van der Waals surface area contributed by atoms with Gasteiger partial charge >= 0.3 is 0 Å². The molecule has 0 aliphatic heterocycles. The van der Waals surface area contributed by atoms with E-state index in [4.69, 9.17) is 0 Å². The molecule has 1 heteroatoms. The van der Waals surface area contributed by atoms with Crippen molar-refractivity contribution in [3.05, 3.63) is 40.5 Å². The van der Waals surface area contributed by atoms with Gasteiger partial charge in [-0.15, -0.1) is 0 Å². The third-order valence-corrected chi connectivity index (χ3v) is 2.64. The van der Waals surface area contributed by atoms with Crippen molar-refractivity contribution in [3.63, 3.8) is 0 Å². The van der Waals surface area contributed by atoms with Crippen LogP contribution in [0.1, 0.15) is 29.2 Å². The van der Waals surface area contributed by atoms with Crippen LogP contribution in [0, 0.1) is 13.8 Å². The number of aryl methyl sites for hydroxylation is 2. The Morgan fingerprint density at radius 2 is 2.07 bits per heavy atom. The second-order valence-electron chi connectivity index (χ2n) is 4.07. The lowest BCUT2D eigenvalue weighted by Crippen LogP contribution is -2.11. The molecule has 1 aliphatic rings. The van der Waals surface area contributed by atoms with Gasteiger partial charge in [0.25, 0.3) is 0 Å². The summed E-state index contributed by atoms with van der Waals surface area (Å²) in [7, 11) is 0. The lowest BCUT2D eigenvalue weighted by molar-refractivity contribution is -0.112. The van der Waals surface area contributed by atoms with Gasteiger partial charge in [0.05, 0.1) is 0 Å². The van der Waals surface area contributed by atoms with E-state index < -0.39 is 0 Å². The minimum atomic E-state index is 0.144. The molecule has 1 aromatic rings. The van der Waals surface area contributed by atoms with Crippen LogP contribution in [-0.2, 0) is 11.2 Å². The molecule has 1 nitrogen and oxygen atoms in total. The van der Waals surface area contributed by atoms with Crippen molar-refractivity contribution in [3.8, 4) is 0 Å². The fourth-order valence-electron chi connectivity index (χ4n) is 2.21. The van der Waals surface area contributed by atoms with Crippen LogP contribution in [0.4, 0.5) is 0 Å². The second kappa shape index (κ2) is 3.09. The molecule has 0 saturated heterocycles. The Kier molecular flexibility index (Phi) is 2.03. The molecule has 0 spiro atoms. The van der Waals surface area contributed by atoms with Crippen LogP contribution >= 0.6 is 0 Å². The quantitative estimate of drug-likeness (QED) is 0.616. The van der Waals surface area contributed by atoms with Gasteiger partial charge in [0.1, 0.15) is 0 Å². The Morgan fingerprint density at radius 1 is 1.36 bits per heavy atom. The largest absolute Gasteiger partial charge is 0.295 e. The van der Waals surface area contributed by atoms with E-state index in [0.717, 1.165) is 6.42 Å². The number of hydrogen-bond donors (Lipinski definition) is 0. The lowest BCUT2D eigenvalue weighted by atomic mass is 9.78. The number of carbonyl (C=O) groups excluding carboxylic acids is 1. The number of fused-ring (bicyclic) bond motifs is 1. The fourth-order valence-corrected chi connectivity index (χ4v) is 2.21. The minimum absolute atomic E-state index is 0.144. The standard InChI is InChI=1S/C13H14O/c1-8-4-9(2)13-11(5-8)7-12(13)6-10(3)14/h4-6H,7H2,1-3H3. The third kappa shape index (κ3) is 1.39. The minimum Gasteiger partial charge on any atom is -0.295 e. The van der Waals surface area contributed by atoms with E-state index in [1.807, 2.05) is 0 Å². The first-order valence-electron chi connectivity index (χ1n) is 4.89. The van der Waals surface area contributed by atoms with E-state index >= 15 is 0 Å². The molecular weight excluding hydrogens is 172 g/mol. The van der Waals surface area contributed by atoms with Crippen molar-refractivity contribution in [2.75, 3.05) is 0 Å². The van der Waals surface area contributed by atoms with Crippen molar-refractivity contribution in [2.45, 2.75) is 27.2 Å². The summed E-state index contributed by atoms with van der Waals surface area (Å²) in [6, 6.07) is 4.38. The third-order valence-electron chi connectivity index (χ3n) is 2.64. The van der Waals surface area contributed by atoms with Crippen LogP contribution in [0.5, 0.6) is 0 Å². The second-order valence-corrected chi connectivity index (χ2v) is 4.07. The SMILES string of the molecule is CC(=O)C=C1Cc2cc(C)cc(C)c21. The summed E-state index contributed by atoms with van der Waals surface area (Å²) in [6.07, 6.45) is 2.71.